The number of allylic oxidation sites excluding steroid dienone is 2. The van der Waals surface area contributed by atoms with E-state index < -0.39 is 0 Å². The van der Waals surface area contributed by atoms with E-state index in [0.717, 1.165) is 11.8 Å². The zero-order valence-corrected chi connectivity index (χ0v) is 8.40. The Morgan fingerprint density at radius 3 is 2.33 bits per heavy atom. The maximum atomic E-state index is 2.34. The highest BCUT2D eigenvalue weighted by Gasteiger charge is 2.31. The van der Waals surface area contributed by atoms with Crippen LogP contribution in [0.2, 0.25) is 0 Å². The van der Waals surface area contributed by atoms with Crippen molar-refractivity contribution in [2.45, 2.75) is 52.4 Å². The summed E-state index contributed by atoms with van der Waals surface area (Å²) in [7, 11) is 0. The molecule has 0 aromatic heterocycles. The molecule has 0 spiro atoms. The Hall–Kier alpha value is -0.260. The Balaban J connectivity index is 2.06. The molecule has 2 rings (SSSR count). The summed E-state index contributed by atoms with van der Waals surface area (Å²) < 4.78 is 0. The summed E-state index contributed by atoms with van der Waals surface area (Å²) in [6, 6.07) is 0. The first kappa shape index (κ1) is 8.34. The van der Waals surface area contributed by atoms with Gasteiger partial charge in [-0.1, -0.05) is 11.1 Å². The molecule has 0 N–H and O–H groups in total. The molecular formula is C12H20. The molecular weight excluding hydrogens is 144 g/mol. The average molecular weight is 164 g/mol. The van der Waals surface area contributed by atoms with Crippen LogP contribution in [0.5, 0.6) is 0 Å². The standard InChI is InChI=1S/C12H20/c1-9-4-3-5-11-6-7-12(11)8-10(9)2/h11-12H,3-8H2,1-2H3/b10-9-/t11-,12-/m0/s1. The molecule has 0 bridgehead atoms. The molecule has 0 aromatic rings. The number of rotatable bonds is 0. The third-order valence-corrected chi connectivity index (χ3v) is 4.00. The van der Waals surface area contributed by atoms with Gasteiger partial charge >= 0.3 is 0 Å². The fourth-order valence-electron chi connectivity index (χ4n) is 2.70. The zero-order valence-electron chi connectivity index (χ0n) is 8.40. The maximum Gasteiger partial charge on any atom is -0.0289 e. The van der Waals surface area contributed by atoms with Gasteiger partial charge in [-0.3, -0.25) is 0 Å². The second kappa shape index (κ2) is 3.24. The largest absolute Gasteiger partial charge is 0.0744 e. The van der Waals surface area contributed by atoms with Gasteiger partial charge in [-0.25, -0.2) is 0 Å². The van der Waals surface area contributed by atoms with Crippen molar-refractivity contribution in [3.05, 3.63) is 11.1 Å². The molecule has 1 fully saturated rings. The molecule has 0 radical (unpaired) electrons. The lowest BCUT2D eigenvalue weighted by atomic mass is 9.67. The van der Waals surface area contributed by atoms with Crippen molar-refractivity contribution in [3.63, 3.8) is 0 Å². The quantitative estimate of drug-likeness (QED) is 0.476. The van der Waals surface area contributed by atoms with Gasteiger partial charge in [0, 0.05) is 0 Å². The minimum atomic E-state index is 1.07. The topological polar surface area (TPSA) is 0 Å². The molecule has 0 aliphatic heterocycles. The Morgan fingerprint density at radius 1 is 0.917 bits per heavy atom. The molecule has 12 heavy (non-hydrogen) atoms. The van der Waals surface area contributed by atoms with Gasteiger partial charge in [0.25, 0.3) is 0 Å². The van der Waals surface area contributed by atoms with E-state index in [1.807, 2.05) is 0 Å². The van der Waals surface area contributed by atoms with E-state index in [4.69, 9.17) is 0 Å². The highest BCUT2D eigenvalue weighted by atomic mass is 14.4. The van der Waals surface area contributed by atoms with Crippen molar-refractivity contribution >= 4 is 0 Å². The first-order chi connectivity index (χ1) is 5.77. The van der Waals surface area contributed by atoms with E-state index in [-0.39, 0.29) is 0 Å². The summed E-state index contributed by atoms with van der Waals surface area (Å²) in [6.07, 6.45) is 8.78. The van der Waals surface area contributed by atoms with Crippen LogP contribution in [0.3, 0.4) is 0 Å². The Morgan fingerprint density at radius 2 is 1.67 bits per heavy atom. The molecule has 0 nitrogen and oxygen atoms in total. The van der Waals surface area contributed by atoms with Crippen LogP contribution >= 0.6 is 0 Å². The van der Waals surface area contributed by atoms with Crippen molar-refractivity contribution in [1.29, 1.82) is 0 Å². The lowest BCUT2D eigenvalue weighted by Crippen LogP contribution is -2.27. The summed E-state index contributed by atoms with van der Waals surface area (Å²) in [5.41, 5.74) is 3.38. The molecule has 0 saturated heterocycles. The maximum absolute atomic E-state index is 2.34. The monoisotopic (exact) mass is 164 g/mol. The normalized spacial score (nSPS) is 42.5. The van der Waals surface area contributed by atoms with Gasteiger partial charge in [-0.05, 0) is 64.2 Å². The zero-order chi connectivity index (χ0) is 8.55. The minimum Gasteiger partial charge on any atom is -0.0744 e. The third kappa shape index (κ3) is 1.44. The van der Waals surface area contributed by atoms with Gasteiger partial charge in [0.1, 0.15) is 0 Å². The molecule has 2 atom stereocenters. The summed E-state index contributed by atoms with van der Waals surface area (Å²) in [6.45, 7) is 4.67. The van der Waals surface area contributed by atoms with Gasteiger partial charge in [-0.2, -0.15) is 0 Å². The molecule has 1 saturated carbocycles. The predicted octanol–water partition coefficient (Wildman–Crippen LogP) is 3.92. The van der Waals surface area contributed by atoms with Crippen LogP contribution in [0, 0.1) is 11.8 Å². The fraction of sp³-hybridized carbons (Fsp3) is 0.833. The average Bonchev–Trinajstić information content (AvgIpc) is 2.04. The van der Waals surface area contributed by atoms with Crippen LogP contribution in [0.4, 0.5) is 0 Å². The van der Waals surface area contributed by atoms with Gasteiger partial charge in [-0.15, -0.1) is 0 Å². The van der Waals surface area contributed by atoms with E-state index >= 15 is 0 Å². The lowest BCUT2D eigenvalue weighted by molar-refractivity contribution is 0.156. The van der Waals surface area contributed by atoms with Crippen LogP contribution < -0.4 is 0 Å². The van der Waals surface area contributed by atoms with E-state index in [0.29, 0.717) is 0 Å². The van der Waals surface area contributed by atoms with Crippen LogP contribution in [0.15, 0.2) is 11.1 Å². The molecule has 68 valence electrons. The van der Waals surface area contributed by atoms with Crippen molar-refractivity contribution in [1.82, 2.24) is 0 Å². The first-order valence-electron chi connectivity index (χ1n) is 5.42. The highest BCUT2D eigenvalue weighted by molar-refractivity contribution is 5.12. The number of hydrogen-bond donors (Lipinski definition) is 0. The van der Waals surface area contributed by atoms with Crippen molar-refractivity contribution in [3.8, 4) is 0 Å². The Bertz CT molecular complexity index is 200. The van der Waals surface area contributed by atoms with Crippen LogP contribution in [0.1, 0.15) is 52.4 Å². The van der Waals surface area contributed by atoms with Gasteiger partial charge in [0.2, 0.25) is 0 Å². The minimum absolute atomic E-state index is 1.07. The van der Waals surface area contributed by atoms with Gasteiger partial charge in [0.05, 0.1) is 0 Å². The van der Waals surface area contributed by atoms with E-state index in [9.17, 15) is 0 Å². The number of hydrogen-bond acceptors (Lipinski definition) is 0. The predicted molar refractivity (Wildman–Crippen MR) is 53.1 cm³/mol. The van der Waals surface area contributed by atoms with E-state index in [2.05, 4.69) is 13.8 Å². The van der Waals surface area contributed by atoms with E-state index in [1.165, 1.54) is 38.5 Å². The van der Waals surface area contributed by atoms with Crippen molar-refractivity contribution in [2.24, 2.45) is 11.8 Å². The molecule has 0 heterocycles. The molecule has 0 unspecified atom stereocenters. The molecule has 0 heteroatoms. The van der Waals surface area contributed by atoms with Gasteiger partial charge in [0.15, 0.2) is 0 Å². The Kier molecular flexibility index (Phi) is 2.25. The first-order valence-corrected chi connectivity index (χ1v) is 5.42. The molecule has 2 aliphatic rings. The smallest absolute Gasteiger partial charge is 0.0289 e. The molecule has 2 aliphatic carbocycles. The summed E-state index contributed by atoms with van der Waals surface area (Å²) in [5.74, 6) is 2.17. The molecule has 0 aromatic carbocycles. The van der Waals surface area contributed by atoms with E-state index in [1.54, 1.807) is 11.1 Å². The summed E-state index contributed by atoms with van der Waals surface area (Å²) in [4.78, 5) is 0. The summed E-state index contributed by atoms with van der Waals surface area (Å²) >= 11 is 0. The van der Waals surface area contributed by atoms with Crippen LogP contribution in [0.25, 0.3) is 0 Å². The summed E-state index contributed by atoms with van der Waals surface area (Å²) in [5, 5.41) is 0. The highest BCUT2D eigenvalue weighted by Crippen LogP contribution is 2.43. The van der Waals surface area contributed by atoms with Gasteiger partial charge < -0.3 is 0 Å². The second-order valence-corrected chi connectivity index (χ2v) is 4.75. The SMILES string of the molecule is C/C1=C(\C)C[C@@H]2CC[C@@H]2CCC1. The van der Waals surface area contributed by atoms with Crippen molar-refractivity contribution in [2.75, 3.05) is 0 Å². The third-order valence-electron chi connectivity index (χ3n) is 4.00. The lowest BCUT2D eigenvalue weighted by Gasteiger charge is -2.39. The second-order valence-electron chi connectivity index (χ2n) is 4.75. The Labute approximate surface area is 76.1 Å². The van der Waals surface area contributed by atoms with Crippen LogP contribution in [-0.4, -0.2) is 0 Å². The van der Waals surface area contributed by atoms with Crippen LogP contribution in [-0.2, 0) is 0 Å². The van der Waals surface area contributed by atoms with Crippen molar-refractivity contribution < 1.29 is 0 Å². The molecule has 0 amide bonds. The number of fused-ring (bicyclic) bond motifs is 1. The fourth-order valence-corrected chi connectivity index (χ4v) is 2.70.